The molecule has 1 fully saturated rings. The van der Waals surface area contributed by atoms with Gasteiger partial charge in [0, 0.05) is 23.7 Å². The predicted molar refractivity (Wildman–Crippen MR) is 73.0 cm³/mol. The maximum atomic E-state index is 12.4. The van der Waals surface area contributed by atoms with Crippen LogP contribution in [0.1, 0.15) is 23.2 Å². The third-order valence-corrected chi connectivity index (χ3v) is 3.55. The van der Waals surface area contributed by atoms with E-state index in [2.05, 4.69) is 4.98 Å². The lowest BCUT2D eigenvalue weighted by Gasteiger charge is -2.11. The van der Waals surface area contributed by atoms with Gasteiger partial charge in [0.2, 0.25) is 0 Å². The van der Waals surface area contributed by atoms with Crippen molar-refractivity contribution in [1.82, 2.24) is 4.98 Å². The van der Waals surface area contributed by atoms with Crippen LogP contribution in [-0.4, -0.2) is 29.5 Å². The van der Waals surface area contributed by atoms with Gasteiger partial charge in [0.1, 0.15) is 6.10 Å². The Bertz CT molecular complexity index is 612. The number of carbonyl (C=O) groups excluding carboxylic acids is 1. The molecule has 0 aliphatic carbocycles. The highest BCUT2D eigenvalue weighted by molar-refractivity contribution is 6.02. The molecular formula is C15H16N2O2. The lowest BCUT2D eigenvalue weighted by Crippen LogP contribution is -2.25. The number of rotatable bonds is 3. The van der Waals surface area contributed by atoms with Gasteiger partial charge >= 0.3 is 0 Å². The van der Waals surface area contributed by atoms with E-state index in [1.165, 1.54) is 0 Å². The second-order valence-electron chi connectivity index (χ2n) is 4.83. The van der Waals surface area contributed by atoms with E-state index in [1.807, 2.05) is 30.3 Å². The summed E-state index contributed by atoms with van der Waals surface area (Å²) in [7, 11) is 0. The summed E-state index contributed by atoms with van der Waals surface area (Å²) in [4.78, 5) is 16.6. The highest BCUT2D eigenvalue weighted by Gasteiger charge is 2.30. The molecule has 0 bridgehead atoms. The number of hydrogen-bond acceptors (Lipinski definition) is 4. The van der Waals surface area contributed by atoms with Crippen molar-refractivity contribution in [3.8, 4) is 0 Å². The molecule has 2 heterocycles. The molecule has 1 aliphatic heterocycles. The van der Waals surface area contributed by atoms with E-state index >= 15 is 0 Å². The Kier molecular flexibility index (Phi) is 3.27. The van der Waals surface area contributed by atoms with Crippen molar-refractivity contribution in [3.63, 3.8) is 0 Å². The third kappa shape index (κ3) is 2.37. The minimum atomic E-state index is -0.352. The lowest BCUT2D eigenvalue weighted by atomic mass is 10.0. The molecule has 3 rings (SSSR count). The number of fused-ring (bicyclic) bond motifs is 1. The van der Waals surface area contributed by atoms with Crippen molar-refractivity contribution in [2.24, 2.45) is 5.73 Å². The van der Waals surface area contributed by atoms with Crippen molar-refractivity contribution in [1.29, 1.82) is 0 Å². The summed E-state index contributed by atoms with van der Waals surface area (Å²) in [5.74, 6) is 0.0310. The smallest absolute Gasteiger partial charge is 0.191 e. The van der Waals surface area contributed by atoms with Gasteiger partial charge in [0.05, 0.1) is 11.6 Å². The standard InChI is InChI=1S/C15H16N2O2/c16-9-12-5-6-14(19-12)15(18)11-4-3-10-2-1-7-17-13(10)8-11/h1-4,7-8,12,14H,5-6,9,16H2. The quantitative estimate of drug-likeness (QED) is 0.852. The first-order valence-electron chi connectivity index (χ1n) is 6.52. The zero-order chi connectivity index (χ0) is 13.2. The second kappa shape index (κ2) is 5.07. The van der Waals surface area contributed by atoms with Gasteiger partial charge in [-0.1, -0.05) is 18.2 Å². The van der Waals surface area contributed by atoms with Crippen LogP contribution in [0.25, 0.3) is 10.9 Å². The zero-order valence-electron chi connectivity index (χ0n) is 10.6. The Balaban J connectivity index is 1.85. The van der Waals surface area contributed by atoms with E-state index in [9.17, 15) is 4.79 Å². The number of nitrogens with zero attached hydrogens (tertiary/aromatic N) is 1. The van der Waals surface area contributed by atoms with Crippen LogP contribution >= 0.6 is 0 Å². The molecule has 0 saturated carbocycles. The Hall–Kier alpha value is -1.78. The maximum Gasteiger partial charge on any atom is 0.191 e. The molecule has 1 aliphatic rings. The van der Waals surface area contributed by atoms with Crippen molar-refractivity contribution < 1.29 is 9.53 Å². The Morgan fingerprint density at radius 2 is 2.26 bits per heavy atom. The lowest BCUT2D eigenvalue weighted by molar-refractivity contribution is 0.0404. The van der Waals surface area contributed by atoms with E-state index in [0.29, 0.717) is 12.1 Å². The number of ketones is 1. The number of benzene rings is 1. The first-order chi connectivity index (χ1) is 9.28. The van der Waals surface area contributed by atoms with Crippen molar-refractivity contribution >= 4 is 16.7 Å². The predicted octanol–water partition coefficient (Wildman–Crippen LogP) is 1.92. The van der Waals surface area contributed by atoms with Crippen molar-refractivity contribution in [3.05, 3.63) is 42.1 Å². The van der Waals surface area contributed by atoms with Gasteiger partial charge in [-0.3, -0.25) is 9.78 Å². The summed E-state index contributed by atoms with van der Waals surface area (Å²) in [6, 6.07) is 9.45. The molecule has 0 radical (unpaired) electrons. The Morgan fingerprint density at radius 3 is 3.05 bits per heavy atom. The van der Waals surface area contributed by atoms with Gasteiger partial charge in [0.15, 0.2) is 5.78 Å². The Morgan fingerprint density at radius 1 is 1.37 bits per heavy atom. The number of hydrogen-bond donors (Lipinski definition) is 1. The topological polar surface area (TPSA) is 65.2 Å². The second-order valence-corrected chi connectivity index (χ2v) is 4.83. The molecule has 2 N–H and O–H groups in total. The van der Waals surface area contributed by atoms with Gasteiger partial charge in [-0.15, -0.1) is 0 Å². The summed E-state index contributed by atoms with van der Waals surface area (Å²) < 4.78 is 5.64. The van der Waals surface area contributed by atoms with E-state index in [4.69, 9.17) is 10.5 Å². The monoisotopic (exact) mass is 256 g/mol. The molecule has 0 spiro atoms. The molecule has 1 aromatic carbocycles. The van der Waals surface area contributed by atoms with Crippen LogP contribution in [0.5, 0.6) is 0 Å². The normalized spacial score (nSPS) is 22.8. The van der Waals surface area contributed by atoms with Crippen molar-refractivity contribution in [2.75, 3.05) is 6.54 Å². The number of nitrogens with two attached hydrogens (primary N) is 1. The highest BCUT2D eigenvalue weighted by atomic mass is 16.5. The molecule has 98 valence electrons. The number of pyridine rings is 1. The molecule has 19 heavy (non-hydrogen) atoms. The molecule has 4 nitrogen and oxygen atoms in total. The Labute approximate surface area is 111 Å². The largest absolute Gasteiger partial charge is 0.366 e. The van der Waals surface area contributed by atoms with E-state index in [0.717, 1.165) is 23.7 Å². The third-order valence-electron chi connectivity index (χ3n) is 3.55. The fraction of sp³-hybridized carbons (Fsp3) is 0.333. The fourth-order valence-corrected chi connectivity index (χ4v) is 2.48. The van der Waals surface area contributed by atoms with E-state index < -0.39 is 0 Å². The molecule has 1 aromatic heterocycles. The van der Waals surface area contributed by atoms with Gasteiger partial charge in [-0.25, -0.2) is 0 Å². The van der Waals surface area contributed by atoms with Crippen LogP contribution < -0.4 is 5.73 Å². The fourth-order valence-electron chi connectivity index (χ4n) is 2.48. The summed E-state index contributed by atoms with van der Waals surface area (Å²) in [5, 5.41) is 1.03. The molecule has 2 aromatic rings. The molecule has 2 atom stereocenters. The zero-order valence-corrected chi connectivity index (χ0v) is 10.6. The first-order valence-corrected chi connectivity index (χ1v) is 6.52. The SMILES string of the molecule is NCC1CCC(C(=O)c2ccc3cccnc3c2)O1. The van der Waals surface area contributed by atoms with Crippen LogP contribution in [-0.2, 0) is 4.74 Å². The van der Waals surface area contributed by atoms with Crippen LogP contribution in [0.2, 0.25) is 0 Å². The van der Waals surface area contributed by atoms with Crippen LogP contribution in [0.4, 0.5) is 0 Å². The average Bonchev–Trinajstić information content (AvgIpc) is 2.95. The van der Waals surface area contributed by atoms with Crippen LogP contribution in [0.15, 0.2) is 36.5 Å². The van der Waals surface area contributed by atoms with Gasteiger partial charge in [-0.2, -0.15) is 0 Å². The number of Topliss-reactive ketones (excluding diaryl/α,β-unsaturated/α-hetero) is 1. The molecular weight excluding hydrogens is 240 g/mol. The highest BCUT2D eigenvalue weighted by Crippen LogP contribution is 2.23. The van der Waals surface area contributed by atoms with Crippen LogP contribution in [0, 0.1) is 0 Å². The summed E-state index contributed by atoms with van der Waals surface area (Å²) in [5.41, 5.74) is 7.06. The number of carbonyl (C=O) groups is 1. The van der Waals surface area contributed by atoms with E-state index in [1.54, 1.807) is 6.20 Å². The van der Waals surface area contributed by atoms with E-state index in [-0.39, 0.29) is 18.0 Å². The van der Waals surface area contributed by atoms with Gasteiger partial charge in [0.25, 0.3) is 0 Å². The average molecular weight is 256 g/mol. The number of aromatic nitrogens is 1. The summed E-state index contributed by atoms with van der Waals surface area (Å²) >= 11 is 0. The molecule has 4 heteroatoms. The van der Waals surface area contributed by atoms with Crippen molar-refractivity contribution in [2.45, 2.75) is 25.0 Å². The number of ether oxygens (including phenoxy) is 1. The van der Waals surface area contributed by atoms with Gasteiger partial charge in [-0.05, 0) is 25.0 Å². The minimum Gasteiger partial charge on any atom is -0.366 e. The molecule has 1 saturated heterocycles. The van der Waals surface area contributed by atoms with Crippen LogP contribution in [0.3, 0.4) is 0 Å². The molecule has 0 amide bonds. The summed E-state index contributed by atoms with van der Waals surface area (Å²) in [6.45, 7) is 0.475. The first kappa shape index (κ1) is 12.3. The maximum absolute atomic E-state index is 12.4. The summed E-state index contributed by atoms with van der Waals surface area (Å²) in [6.07, 6.45) is 3.01. The minimum absolute atomic E-state index is 0.0209. The molecule has 2 unspecified atom stereocenters. The van der Waals surface area contributed by atoms with Gasteiger partial charge < -0.3 is 10.5 Å².